The zero-order valence-electron chi connectivity index (χ0n) is 12.7. The third-order valence-corrected chi connectivity index (χ3v) is 4.89. The van der Waals surface area contributed by atoms with Crippen LogP contribution in [0.25, 0.3) is 0 Å². The van der Waals surface area contributed by atoms with Gasteiger partial charge in [0.2, 0.25) is 5.51 Å². The molecular weight excluding hydrogens is 254 g/mol. The minimum atomic E-state index is 0.263. The topological polar surface area (TPSA) is 24.1 Å². The van der Waals surface area contributed by atoms with Crippen LogP contribution >= 0.6 is 11.3 Å². The summed E-state index contributed by atoms with van der Waals surface area (Å²) in [5, 5.41) is 8.99. The summed E-state index contributed by atoms with van der Waals surface area (Å²) in [6.45, 7) is 5.85. The number of thiazole rings is 1. The molecule has 0 saturated carbocycles. The SMILES string of the molecule is CCCCCCCCCC[n+]1csc(CCO)c1C. The first-order valence-corrected chi connectivity index (χ1v) is 8.74. The number of hydrogen-bond acceptors (Lipinski definition) is 2. The highest BCUT2D eigenvalue weighted by atomic mass is 32.1. The van der Waals surface area contributed by atoms with E-state index in [0.717, 1.165) is 13.0 Å². The highest BCUT2D eigenvalue weighted by Gasteiger charge is 2.13. The number of nitrogens with zero attached hydrogens (tertiary/aromatic N) is 1. The van der Waals surface area contributed by atoms with Crippen molar-refractivity contribution in [3.05, 3.63) is 16.1 Å². The van der Waals surface area contributed by atoms with E-state index in [2.05, 4.69) is 23.9 Å². The third-order valence-electron chi connectivity index (χ3n) is 3.75. The molecule has 1 N–H and O–H groups in total. The Balaban J connectivity index is 2.09. The molecule has 1 heterocycles. The second kappa shape index (κ2) is 10.4. The summed E-state index contributed by atoms with van der Waals surface area (Å²) >= 11 is 1.78. The van der Waals surface area contributed by atoms with Gasteiger partial charge in [0.15, 0.2) is 5.69 Å². The maximum absolute atomic E-state index is 8.99. The summed E-state index contributed by atoms with van der Waals surface area (Å²) in [6, 6.07) is 0. The molecule has 0 spiro atoms. The fourth-order valence-electron chi connectivity index (χ4n) is 2.43. The summed E-state index contributed by atoms with van der Waals surface area (Å²) in [4.78, 5) is 1.34. The molecule has 0 saturated heterocycles. The molecule has 2 nitrogen and oxygen atoms in total. The van der Waals surface area contributed by atoms with Crippen LogP contribution in [0.3, 0.4) is 0 Å². The van der Waals surface area contributed by atoms with Crippen molar-refractivity contribution in [2.45, 2.75) is 78.2 Å². The fraction of sp³-hybridized carbons (Fsp3) is 0.812. The summed E-state index contributed by atoms with van der Waals surface area (Å²) in [7, 11) is 0. The molecule has 0 aliphatic heterocycles. The van der Waals surface area contributed by atoms with E-state index >= 15 is 0 Å². The lowest BCUT2D eigenvalue weighted by Crippen LogP contribution is -2.34. The number of aryl methyl sites for hydroxylation is 1. The molecule has 0 aliphatic rings. The van der Waals surface area contributed by atoms with Gasteiger partial charge in [0.05, 0.1) is 4.88 Å². The molecule has 1 aromatic rings. The van der Waals surface area contributed by atoms with Crippen molar-refractivity contribution in [3.63, 3.8) is 0 Å². The van der Waals surface area contributed by atoms with Gasteiger partial charge in [0.25, 0.3) is 0 Å². The van der Waals surface area contributed by atoms with Gasteiger partial charge in [-0.05, 0) is 6.42 Å². The minimum absolute atomic E-state index is 0.263. The minimum Gasteiger partial charge on any atom is -0.396 e. The van der Waals surface area contributed by atoms with Crippen molar-refractivity contribution in [1.29, 1.82) is 0 Å². The maximum Gasteiger partial charge on any atom is 0.225 e. The lowest BCUT2D eigenvalue weighted by molar-refractivity contribution is -0.698. The predicted molar refractivity (Wildman–Crippen MR) is 82.7 cm³/mol. The summed E-state index contributed by atoms with van der Waals surface area (Å²) in [6.07, 6.45) is 11.8. The molecule has 0 radical (unpaired) electrons. The third kappa shape index (κ3) is 6.53. The van der Waals surface area contributed by atoms with Crippen LogP contribution in [0.4, 0.5) is 0 Å². The molecule has 1 aromatic heterocycles. The Kier molecular flexibility index (Phi) is 9.10. The molecule has 0 bridgehead atoms. The van der Waals surface area contributed by atoms with Crippen LogP contribution in [0.5, 0.6) is 0 Å². The summed E-state index contributed by atoms with van der Waals surface area (Å²) < 4.78 is 2.35. The molecule has 3 heteroatoms. The molecule has 0 fully saturated rings. The van der Waals surface area contributed by atoms with Crippen LogP contribution in [0, 0.1) is 6.92 Å². The zero-order valence-corrected chi connectivity index (χ0v) is 13.5. The standard InChI is InChI=1S/C16H30NOS/c1-3-4-5-6-7-8-9-10-12-17-14-19-16(11-13-18)15(17)2/h14,18H,3-13H2,1-2H3/q+1. The molecule has 0 aliphatic carbocycles. The average molecular weight is 284 g/mol. The normalized spacial score (nSPS) is 11.1. The largest absolute Gasteiger partial charge is 0.396 e. The highest BCUT2D eigenvalue weighted by Crippen LogP contribution is 2.12. The molecule has 0 unspecified atom stereocenters. The summed E-state index contributed by atoms with van der Waals surface area (Å²) in [5.74, 6) is 0. The van der Waals surface area contributed by atoms with Crippen LogP contribution < -0.4 is 4.57 Å². The van der Waals surface area contributed by atoms with E-state index in [1.807, 2.05) is 0 Å². The van der Waals surface area contributed by atoms with Gasteiger partial charge >= 0.3 is 0 Å². The highest BCUT2D eigenvalue weighted by molar-refractivity contribution is 7.09. The van der Waals surface area contributed by atoms with E-state index in [1.54, 1.807) is 11.3 Å². The van der Waals surface area contributed by atoms with Gasteiger partial charge in [-0.3, -0.25) is 0 Å². The van der Waals surface area contributed by atoms with Gasteiger partial charge in [-0.1, -0.05) is 56.8 Å². The van der Waals surface area contributed by atoms with Crippen molar-refractivity contribution < 1.29 is 9.67 Å². The number of unbranched alkanes of at least 4 members (excludes halogenated alkanes) is 7. The van der Waals surface area contributed by atoms with Crippen LogP contribution in [0.1, 0.15) is 68.9 Å². The Hall–Kier alpha value is -0.410. The van der Waals surface area contributed by atoms with Gasteiger partial charge in [-0.2, -0.15) is 4.57 Å². The van der Waals surface area contributed by atoms with Crippen molar-refractivity contribution in [1.82, 2.24) is 0 Å². The summed E-state index contributed by atoms with van der Waals surface area (Å²) in [5.41, 5.74) is 3.56. The smallest absolute Gasteiger partial charge is 0.225 e. The number of aromatic nitrogens is 1. The van der Waals surface area contributed by atoms with Crippen LogP contribution in [-0.2, 0) is 13.0 Å². The van der Waals surface area contributed by atoms with Gasteiger partial charge in [-0.15, -0.1) is 0 Å². The predicted octanol–water partition coefficient (Wildman–Crippen LogP) is 4.02. The Morgan fingerprint density at radius 3 is 2.32 bits per heavy atom. The number of aliphatic hydroxyl groups excluding tert-OH is 1. The Labute approximate surface area is 122 Å². The second-order valence-corrected chi connectivity index (χ2v) is 6.31. The van der Waals surface area contributed by atoms with E-state index in [-0.39, 0.29) is 6.61 Å². The molecule has 0 amide bonds. The lowest BCUT2D eigenvalue weighted by Gasteiger charge is -2.00. The van der Waals surface area contributed by atoms with E-state index in [0.29, 0.717) is 0 Å². The average Bonchev–Trinajstić information content (AvgIpc) is 2.75. The van der Waals surface area contributed by atoms with Gasteiger partial charge in [-0.25, -0.2) is 0 Å². The van der Waals surface area contributed by atoms with Crippen molar-refractivity contribution in [2.24, 2.45) is 0 Å². The Morgan fingerprint density at radius 2 is 1.68 bits per heavy atom. The van der Waals surface area contributed by atoms with Crippen molar-refractivity contribution in [3.8, 4) is 0 Å². The molecule has 0 aromatic carbocycles. The lowest BCUT2D eigenvalue weighted by atomic mass is 10.1. The fourth-order valence-corrected chi connectivity index (χ4v) is 3.44. The monoisotopic (exact) mass is 284 g/mol. The molecular formula is C16H30NOS+. The van der Waals surface area contributed by atoms with E-state index in [4.69, 9.17) is 5.11 Å². The Morgan fingerprint density at radius 1 is 1.05 bits per heavy atom. The molecule has 19 heavy (non-hydrogen) atoms. The Bertz CT molecular complexity index is 335. The molecule has 1 rings (SSSR count). The van der Waals surface area contributed by atoms with E-state index in [1.165, 1.54) is 61.9 Å². The van der Waals surface area contributed by atoms with Crippen LogP contribution in [-0.4, -0.2) is 11.7 Å². The quantitative estimate of drug-likeness (QED) is 0.481. The number of hydrogen-bond donors (Lipinski definition) is 1. The number of rotatable bonds is 11. The van der Waals surface area contributed by atoms with Gasteiger partial charge < -0.3 is 5.11 Å². The first-order valence-electron chi connectivity index (χ1n) is 7.86. The van der Waals surface area contributed by atoms with Crippen LogP contribution in [0.15, 0.2) is 5.51 Å². The zero-order chi connectivity index (χ0) is 13.9. The number of aliphatic hydroxyl groups is 1. The van der Waals surface area contributed by atoms with Crippen LogP contribution in [0.2, 0.25) is 0 Å². The van der Waals surface area contributed by atoms with E-state index in [9.17, 15) is 0 Å². The first-order chi connectivity index (χ1) is 9.29. The maximum atomic E-state index is 8.99. The van der Waals surface area contributed by atoms with Crippen molar-refractivity contribution in [2.75, 3.05) is 6.61 Å². The first kappa shape index (κ1) is 16.6. The molecule has 110 valence electrons. The van der Waals surface area contributed by atoms with Crippen molar-refractivity contribution >= 4 is 11.3 Å². The van der Waals surface area contributed by atoms with Gasteiger partial charge in [0.1, 0.15) is 6.54 Å². The second-order valence-electron chi connectivity index (χ2n) is 5.37. The van der Waals surface area contributed by atoms with E-state index < -0.39 is 0 Å². The van der Waals surface area contributed by atoms with Gasteiger partial charge in [0, 0.05) is 26.4 Å². The molecule has 0 atom stereocenters.